The maximum atomic E-state index is 13.9. The summed E-state index contributed by atoms with van der Waals surface area (Å²) in [6, 6.07) is 10.3. The molecule has 2 aromatic carbocycles. The lowest BCUT2D eigenvalue weighted by Gasteiger charge is -2.34. The second-order valence-corrected chi connectivity index (χ2v) is 7.42. The lowest BCUT2D eigenvalue weighted by Crippen LogP contribution is -2.49. The van der Waals surface area contributed by atoms with Crippen LogP contribution in [0.1, 0.15) is 5.56 Å². The van der Waals surface area contributed by atoms with E-state index in [0.717, 1.165) is 36.7 Å². The summed E-state index contributed by atoms with van der Waals surface area (Å²) in [5, 5.41) is 2.64. The van der Waals surface area contributed by atoms with Crippen molar-refractivity contribution >= 4 is 27.6 Å². The summed E-state index contributed by atoms with van der Waals surface area (Å²) in [7, 11) is 0. The first kappa shape index (κ1) is 18.1. The highest BCUT2D eigenvalue weighted by molar-refractivity contribution is 9.10. The lowest BCUT2D eigenvalue weighted by atomic mass is 10.1. The summed E-state index contributed by atoms with van der Waals surface area (Å²) in [5.74, 6) is 1.10. The SMILES string of the molecule is O=C(Nc1ccc(Br)cc1F)N1CCN(Cc2ccc3c(c2)OCO3)CC1. The molecule has 27 heavy (non-hydrogen) atoms. The number of benzene rings is 2. The van der Waals surface area contributed by atoms with Crippen LogP contribution in [-0.2, 0) is 6.54 Å². The van der Waals surface area contributed by atoms with Crippen LogP contribution in [0.25, 0.3) is 0 Å². The molecule has 6 nitrogen and oxygen atoms in total. The third-order valence-electron chi connectivity index (χ3n) is 4.68. The number of rotatable bonds is 3. The second kappa shape index (κ2) is 7.74. The zero-order chi connectivity index (χ0) is 18.8. The molecule has 2 amide bonds. The normalized spacial score (nSPS) is 16.4. The van der Waals surface area contributed by atoms with Crippen LogP contribution in [-0.4, -0.2) is 48.8 Å². The van der Waals surface area contributed by atoms with E-state index in [4.69, 9.17) is 9.47 Å². The number of carbonyl (C=O) groups is 1. The van der Waals surface area contributed by atoms with Gasteiger partial charge in [0.15, 0.2) is 11.5 Å². The van der Waals surface area contributed by atoms with Crippen molar-refractivity contribution in [1.82, 2.24) is 9.80 Å². The van der Waals surface area contributed by atoms with Crippen LogP contribution in [0, 0.1) is 5.82 Å². The summed E-state index contributed by atoms with van der Waals surface area (Å²) < 4.78 is 25.3. The molecule has 8 heteroatoms. The second-order valence-electron chi connectivity index (χ2n) is 6.51. The Kier molecular flexibility index (Phi) is 5.18. The van der Waals surface area contributed by atoms with Gasteiger partial charge in [0.05, 0.1) is 5.69 Å². The molecular formula is C19H19BrFN3O3. The van der Waals surface area contributed by atoms with E-state index in [-0.39, 0.29) is 18.5 Å². The average Bonchev–Trinajstić information content (AvgIpc) is 3.12. The first-order chi connectivity index (χ1) is 13.1. The average molecular weight is 436 g/mol. The van der Waals surface area contributed by atoms with Crippen LogP contribution in [0.2, 0.25) is 0 Å². The molecule has 0 aliphatic carbocycles. The summed E-state index contributed by atoms with van der Waals surface area (Å²) >= 11 is 3.21. The molecule has 0 bridgehead atoms. The molecule has 4 rings (SSSR count). The minimum atomic E-state index is -0.459. The summed E-state index contributed by atoms with van der Waals surface area (Å²) in [4.78, 5) is 16.4. The summed E-state index contributed by atoms with van der Waals surface area (Å²) in [5.41, 5.74) is 1.33. The van der Waals surface area contributed by atoms with E-state index in [9.17, 15) is 9.18 Å². The Morgan fingerprint density at radius 1 is 1.07 bits per heavy atom. The van der Waals surface area contributed by atoms with Gasteiger partial charge in [-0.15, -0.1) is 0 Å². The molecule has 1 saturated heterocycles. The molecule has 0 atom stereocenters. The number of amides is 2. The first-order valence-corrected chi connectivity index (χ1v) is 9.50. The predicted molar refractivity (Wildman–Crippen MR) is 103 cm³/mol. The topological polar surface area (TPSA) is 54.0 Å². The number of nitrogens with one attached hydrogen (secondary N) is 1. The van der Waals surface area contributed by atoms with Crippen molar-refractivity contribution in [2.24, 2.45) is 0 Å². The van der Waals surface area contributed by atoms with Gasteiger partial charge in [0.25, 0.3) is 0 Å². The number of hydrogen-bond donors (Lipinski definition) is 1. The highest BCUT2D eigenvalue weighted by Crippen LogP contribution is 2.32. The van der Waals surface area contributed by atoms with Crippen molar-refractivity contribution < 1.29 is 18.7 Å². The summed E-state index contributed by atoms with van der Waals surface area (Å²) in [6.45, 7) is 3.75. The molecule has 2 aromatic rings. The van der Waals surface area contributed by atoms with Crippen LogP contribution in [0.5, 0.6) is 11.5 Å². The minimum absolute atomic E-state index is 0.186. The van der Waals surface area contributed by atoms with Gasteiger partial charge in [0, 0.05) is 37.2 Å². The Hall–Kier alpha value is -2.32. The van der Waals surface area contributed by atoms with Crippen molar-refractivity contribution in [3.63, 3.8) is 0 Å². The van der Waals surface area contributed by atoms with E-state index in [1.807, 2.05) is 18.2 Å². The third kappa shape index (κ3) is 4.17. The minimum Gasteiger partial charge on any atom is -0.454 e. The highest BCUT2D eigenvalue weighted by Gasteiger charge is 2.22. The number of anilines is 1. The Bertz CT molecular complexity index is 856. The standard InChI is InChI=1S/C19H19BrFN3O3/c20-14-2-3-16(15(21)10-14)22-19(25)24-7-5-23(6-8-24)11-13-1-4-17-18(9-13)27-12-26-17/h1-4,9-10H,5-8,11-12H2,(H,22,25). The van der Waals surface area contributed by atoms with Crippen molar-refractivity contribution in [3.05, 3.63) is 52.3 Å². The van der Waals surface area contributed by atoms with E-state index in [1.165, 1.54) is 6.07 Å². The molecule has 0 aromatic heterocycles. The van der Waals surface area contributed by atoms with Gasteiger partial charge in [-0.1, -0.05) is 22.0 Å². The Morgan fingerprint density at radius 2 is 1.85 bits per heavy atom. The molecule has 0 unspecified atom stereocenters. The third-order valence-corrected chi connectivity index (χ3v) is 5.17. The zero-order valence-corrected chi connectivity index (χ0v) is 16.2. The summed E-state index contributed by atoms with van der Waals surface area (Å²) in [6.07, 6.45) is 0. The number of carbonyl (C=O) groups excluding carboxylic acids is 1. The number of nitrogens with zero attached hydrogens (tertiary/aromatic N) is 2. The molecular weight excluding hydrogens is 417 g/mol. The Balaban J connectivity index is 1.30. The van der Waals surface area contributed by atoms with E-state index < -0.39 is 5.82 Å². The smallest absolute Gasteiger partial charge is 0.322 e. The maximum Gasteiger partial charge on any atom is 0.322 e. The fraction of sp³-hybridized carbons (Fsp3) is 0.316. The number of urea groups is 1. The van der Waals surface area contributed by atoms with E-state index in [2.05, 4.69) is 26.1 Å². The van der Waals surface area contributed by atoms with Crippen molar-refractivity contribution in [2.45, 2.75) is 6.54 Å². The molecule has 2 aliphatic rings. The maximum absolute atomic E-state index is 13.9. The molecule has 1 N–H and O–H groups in total. The van der Waals surface area contributed by atoms with Gasteiger partial charge in [-0.25, -0.2) is 9.18 Å². The number of ether oxygens (including phenoxy) is 2. The predicted octanol–water partition coefficient (Wildman–Crippen LogP) is 3.67. The lowest BCUT2D eigenvalue weighted by molar-refractivity contribution is 0.143. The molecule has 0 spiro atoms. The molecule has 0 saturated carbocycles. The number of fused-ring (bicyclic) bond motifs is 1. The van der Waals surface area contributed by atoms with Crippen LogP contribution in [0.3, 0.4) is 0 Å². The van der Waals surface area contributed by atoms with E-state index in [0.29, 0.717) is 17.6 Å². The van der Waals surface area contributed by atoms with Gasteiger partial charge in [0.1, 0.15) is 5.82 Å². The molecule has 2 heterocycles. The van der Waals surface area contributed by atoms with Gasteiger partial charge in [0.2, 0.25) is 6.79 Å². The first-order valence-electron chi connectivity index (χ1n) is 8.70. The van der Waals surface area contributed by atoms with Crippen molar-refractivity contribution in [3.8, 4) is 11.5 Å². The Morgan fingerprint density at radius 3 is 2.63 bits per heavy atom. The number of piperazine rings is 1. The van der Waals surface area contributed by atoms with Gasteiger partial charge in [-0.2, -0.15) is 0 Å². The van der Waals surface area contributed by atoms with Crippen molar-refractivity contribution in [1.29, 1.82) is 0 Å². The van der Waals surface area contributed by atoms with Crippen LogP contribution < -0.4 is 14.8 Å². The molecule has 0 radical (unpaired) electrons. The molecule has 1 fully saturated rings. The van der Waals surface area contributed by atoms with Crippen LogP contribution >= 0.6 is 15.9 Å². The number of hydrogen-bond acceptors (Lipinski definition) is 4. The van der Waals surface area contributed by atoms with E-state index in [1.54, 1.807) is 17.0 Å². The van der Waals surface area contributed by atoms with Gasteiger partial charge in [-0.3, -0.25) is 4.90 Å². The van der Waals surface area contributed by atoms with Crippen LogP contribution in [0.15, 0.2) is 40.9 Å². The van der Waals surface area contributed by atoms with Gasteiger partial charge >= 0.3 is 6.03 Å². The largest absolute Gasteiger partial charge is 0.454 e. The molecule has 142 valence electrons. The fourth-order valence-corrected chi connectivity index (χ4v) is 3.52. The Labute approximate surface area is 165 Å². The van der Waals surface area contributed by atoms with Gasteiger partial charge in [-0.05, 0) is 35.9 Å². The highest BCUT2D eigenvalue weighted by atomic mass is 79.9. The monoisotopic (exact) mass is 435 g/mol. The van der Waals surface area contributed by atoms with Gasteiger partial charge < -0.3 is 19.7 Å². The van der Waals surface area contributed by atoms with Crippen molar-refractivity contribution in [2.75, 3.05) is 38.3 Å². The zero-order valence-electron chi connectivity index (χ0n) is 14.6. The van der Waals surface area contributed by atoms with Crippen LogP contribution in [0.4, 0.5) is 14.9 Å². The number of halogens is 2. The molecule has 2 aliphatic heterocycles. The quantitative estimate of drug-likeness (QED) is 0.798. The van der Waals surface area contributed by atoms with E-state index >= 15 is 0 Å². The fourth-order valence-electron chi connectivity index (χ4n) is 3.19.